The molecule has 3 rings (SSSR count). The number of nitrogens with one attached hydrogen (secondary N) is 1. The molecule has 2 heterocycles. The van der Waals surface area contributed by atoms with E-state index in [9.17, 15) is 0 Å². The van der Waals surface area contributed by atoms with Crippen LogP contribution in [0.4, 0.5) is 0 Å². The molecule has 0 spiro atoms. The molecule has 0 radical (unpaired) electrons. The molecule has 5 nitrogen and oxygen atoms in total. The molecule has 0 aromatic carbocycles. The number of aromatic amines is 1. The predicted molar refractivity (Wildman–Crippen MR) is 45.3 cm³/mol. The summed E-state index contributed by atoms with van der Waals surface area (Å²) in [6.45, 7) is 0. The number of hydrogen-bond donors (Lipinski definition) is 1. The maximum absolute atomic E-state index is 5.43. The first-order valence-electron chi connectivity index (χ1n) is 4.24. The SMILES string of the molecule is c1nc2cnc(OC3CC3)nc2[nH]1. The summed E-state index contributed by atoms with van der Waals surface area (Å²) in [5.41, 5.74) is 1.49. The van der Waals surface area contributed by atoms with Gasteiger partial charge in [-0.3, -0.25) is 0 Å². The van der Waals surface area contributed by atoms with Gasteiger partial charge in [0.05, 0.1) is 12.5 Å². The quantitative estimate of drug-likeness (QED) is 0.738. The van der Waals surface area contributed by atoms with E-state index < -0.39 is 0 Å². The molecule has 66 valence electrons. The normalized spacial score (nSPS) is 16.3. The summed E-state index contributed by atoms with van der Waals surface area (Å²) in [7, 11) is 0. The zero-order valence-electron chi connectivity index (χ0n) is 6.90. The van der Waals surface area contributed by atoms with Gasteiger partial charge in [-0.05, 0) is 12.8 Å². The Hall–Kier alpha value is -1.65. The molecule has 0 amide bonds. The summed E-state index contributed by atoms with van der Waals surface area (Å²) >= 11 is 0. The molecule has 0 bridgehead atoms. The lowest BCUT2D eigenvalue weighted by Crippen LogP contribution is -2.00. The highest BCUT2D eigenvalue weighted by Crippen LogP contribution is 2.24. The second-order valence-corrected chi connectivity index (χ2v) is 3.11. The molecular formula is C8H8N4O. The summed E-state index contributed by atoms with van der Waals surface area (Å²) < 4.78 is 5.43. The van der Waals surface area contributed by atoms with Crippen molar-refractivity contribution in [3.63, 3.8) is 0 Å². The van der Waals surface area contributed by atoms with Crippen LogP contribution < -0.4 is 4.74 Å². The molecule has 1 aliphatic rings. The molecule has 2 aromatic heterocycles. The van der Waals surface area contributed by atoms with Crippen LogP contribution in [0.25, 0.3) is 11.2 Å². The minimum Gasteiger partial charge on any atom is -0.460 e. The number of aromatic nitrogens is 4. The molecule has 5 heteroatoms. The Morgan fingerprint density at radius 3 is 3.15 bits per heavy atom. The molecule has 1 saturated carbocycles. The number of imidazole rings is 1. The topological polar surface area (TPSA) is 63.7 Å². The average molecular weight is 176 g/mol. The third-order valence-electron chi connectivity index (χ3n) is 1.95. The molecule has 2 aromatic rings. The van der Waals surface area contributed by atoms with Crippen LogP contribution in [0.5, 0.6) is 6.01 Å². The van der Waals surface area contributed by atoms with Crippen LogP contribution in [0.15, 0.2) is 12.5 Å². The number of H-pyrrole nitrogens is 1. The largest absolute Gasteiger partial charge is 0.460 e. The van der Waals surface area contributed by atoms with Gasteiger partial charge in [-0.15, -0.1) is 0 Å². The second kappa shape index (κ2) is 2.42. The van der Waals surface area contributed by atoms with Crippen molar-refractivity contribution in [2.75, 3.05) is 0 Å². The van der Waals surface area contributed by atoms with Gasteiger partial charge in [-0.1, -0.05) is 0 Å². The van der Waals surface area contributed by atoms with E-state index >= 15 is 0 Å². The van der Waals surface area contributed by atoms with Gasteiger partial charge in [0.15, 0.2) is 5.65 Å². The van der Waals surface area contributed by atoms with E-state index in [0.717, 1.165) is 24.0 Å². The van der Waals surface area contributed by atoms with Crippen LogP contribution in [0.3, 0.4) is 0 Å². The zero-order chi connectivity index (χ0) is 8.67. The van der Waals surface area contributed by atoms with Gasteiger partial charge in [0.25, 0.3) is 0 Å². The van der Waals surface area contributed by atoms with E-state index in [-0.39, 0.29) is 0 Å². The maximum atomic E-state index is 5.43. The Labute approximate surface area is 74.2 Å². The Morgan fingerprint density at radius 1 is 1.38 bits per heavy atom. The summed E-state index contributed by atoms with van der Waals surface area (Å²) in [5.74, 6) is 0. The monoisotopic (exact) mass is 176 g/mol. The van der Waals surface area contributed by atoms with Crippen molar-refractivity contribution in [3.8, 4) is 6.01 Å². The maximum Gasteiger partial charge on any atom is 0.318 e. The Kier molecular flexibility index (Phi) is 1.27. The van der Waals surface area contributed by atoms with Gasteiger partial charge in [0.2, 0.25) is 0 Å². The lowest BCUT2D eigenvalue weighted by molar-refractivity contribution is 0.279. The van der Waals surface area contributed by atoms with Crippen molar-refractivity contribution in [2.45, 2.75) is 18.9 Å². The fourth-order valence-electron chi connectivity index (χ4n) is 1.11. The van der Waals surface area contributed by atoms with E-state index in [1.807, 2.05) is 0 Å². The molecule has 13 heavy (non-hydrogen) atoms. The number of nitrogens with zero attached hydrogens (tertiary/aromatic N) is 3. The highest BCUT2D eigenvalue weighted by Gasteiger charge is 2.24. The van der Waals surface area contributed by atoms with Crippen molar-refractivity contribution < 1.29 is 4.74 Å². The number of fused-ring (bicyclic) bond motifs is 1. The molecule has 1 aliphatic carbocycles. The smallest absolute Gasteiger partial charge is 0.318 e. The van der Waals surface area contributed by atoms with Crippen LogP contribution in [0, 0.1) is 0 Å². The third-order valence-corrected chi connectivity index (χ3v) is 1.95. The lowest BCUT2D eigenvalue weighted by atomic mass is 10.6. The van der Waals surface area contributed by atoms with Crippen molar-refractivity contribution in [1.29, 1.82) is 0 Å². The van der Waals surface area contributed by atoms with Crippen molar-refractivity contribution in [2.24, 2.45) is 0 Å². The van der Waals surface area contributed by atoms with Crippen molar-refractivity contribution in [3.05, 3.63) is 12.5 Å². The van der Waals surface area contributed by atoms with Crippen molar-refractivity contribution in [1.82, 2.24) is 19.9 Å². The van der Waals surface area contributed by atoms with Crippen LogP contribution >= 0.6 is 0 Å². The van der Waals surface area contributed by atoms with E-state index in [2.05, 4.69) is 19.9 Å². The molecule has 1 N–H and O–H groups in total. The highest BCUT2D eigenvalue weighted by molar-refractivity contribution is 5.68. The van der Waals surface area contributed by atoms with E-state index in [1.54, 1.807) is 12.5 Å². The number of hydrogen-bond acceptors (Lipinski definition) is 4. The molecule has 1 fully saturated rings. The van der Waals surface area contributed by atoms with Gasteiger partial charge >= 0.3 is 6.01 Å². The lowest BCUT2D eigenvalue weighted by Gasteiger charge is -1.99. The van der Waals surface area contributed by atoms with Gasteiger partial charge in [-0.2, -0.15) is 4.98 Å². The van der Waals surface area contributed by atoms with Gasteiger partial charge < -0.3 is 9.72 Å². The first-order chi connectivity index (χ1) is 6.42. The summed E-state index contributed by atoms with van der Waals surface area (Å²) in [6, 6.07) is 0.444. The van der Waals surface area contributed by atoms with Gasteiger partial charge in [0.1, 0.15) is 11.6 Å². The van der Waals surface area contributed by atoms with Crippen LogP contribution in [-0.4, -0.2) is 26.0 Å². The first-order valence-corrected chi connectivity index (χ1v) is 4.24. The molecule has 0 saturated heterocycles. The molecular weight excluding hydrogens is 168 g/mol. The fourth-order valence-corrected chi connectivity index (χ4v) is 1.11. The van der Waals surface area contributed by atoms with Crippen molar-refractivity contribution >= 4 is 11.2 Å². The Bertz CT molecular complexity index is 434. The average Bonchev–Trinajstić information content (AvgIpc) is 2.83. The standard InChI is InChI=1S/C8H8N4O/c1-2-5(1)13-8-9-3-6-7(12-8)11-4-10-6/h3-5H,1-2H2,(H,9,10,11,12). The fraction of sp³-hybridized carbons (Fsp3) is 0.375. The number of rotatable bonds is 2. The Balaban J connectivity index is 1.99. The van der Waals surface area contributed by atoms with E-state index in [1.165, 1.54) is 0 Å². The molecule has 0 aliphatic heterocycles. The number of ether oxygens (including phenoxy) is 1. The second-order valence-electron chi connectivity index (χ2n) is 3.11. The minimum atomic E-state index is 0.334. The molecule has 0 unspecified atom stereocenters. The van der Waals surface area contributed by atoms with E-state index in [0.29, 0.717) is 12.1 Å². The van der Waals surface area contributed by atoms with E-state index in [4.69, 9.17) is 4.74 Å². The predicted octanol–water partition coefficient (Wildman–Crippen LogP) is 0.894. The highest BCUT2D eigenvalue weighted by atomic mass is 16.5. The Morgan fingerprint density at radius 2 is 2.31 bits per heavy atom. The molecule has 0 atom stereocenters. The van der Waals surface area contributed by atoms with Gasteiger partial charge in [-0.25, -0.2) is 9.97 Å². The first kappa shape index (κ1) is 6.82. The van der Waals surface area contributed by atoms with Gasteiger partial charge in [0, 0.05) is 0 Å². The van der Waals surface area contributed by atoms with Crippen LogP contribution in [0.2, 0.25) is 0 Å². The minimum absolute atomic E-state index is 0.334. The zero-order valence-corrected chi connectivity index (χ0v) is 6.90. The summed E-state index contributed by atoms with van der Waals surface area (Å²) in [6.07, 6.45) is 5.83. The summed E-state index contributed by atoms with van der Waals surface area (Å²) in [4.78, 5) is 15.1. The van der Waals surface area contributed by atoms with Crippen LogP contribution in [-0.2, 0) is 0 Å². The third kappa shape index (κ3) is 1.22. The van der Waals surface area contributed by atoms with Crippen LogP contribution in [0.1, 0.15) is 12.8 Å². The summed E-state index contributed by atoms with van der Waals surface area (Å²) in [5, 5.41) is 0.